The molecular formula is C60H73Cl2N9O12. The van der Waals surface area contributed by atoms with Gasteiger partial charge in [0, 0.05) is 58.3 Å². The molecule has 0 spiro atoms. The van der Waals surface area contributed by atoms with Gasteiger partial charge >= 0.3 is 0 Å². The van der Waals surface area contributed by atoms with E-state index in [1.54, 1.807) is 7.11 Å². The minimum atomic E-state index is -0.565. The quantitative estimate of drug-likeness (QED) is 0.0364. The van der Waals surface area contributed by atoms with Crippen LogP contribution in [-0.4, -0.2) is 179 Å². The summed E-state index contributed by atoms with van der Waals surface area (Å²) >= 11 is 12.5. The van der Waals surface area contributed by atoms with Crippen LogP contribution >= 0.6 is 23.2 Å². The third kappa shape index (κ3) is 18.2. The zero-order chi connectivity index (χ0) is 58.2. The summed E-state index contributed by atoms with van der Waals surface area (Å²) in [6, 6.07) is 25.5. The van der Waals surface area contributed by atoms with E-state index in [0.717, 1.165) is 39.3 Å². The summed E-state index contributed by atoms with van der Waals surface area (Å²) in [5.41, 5.74) is 6.48. The van der Waals surface area contributed by atoms with Crippen LogP contribution < -0.4 is 14.8 Å². The average Bonchev–Trinajstić information content (AvgIpc) is 2.84. The first-order valence-electron chi connectivity index (χ1n) is 28.0. The van der Waals surface area contributed by atoms with Gasteiger partial charge in [-0.1, -0.05) is 47.5 Å². The number of Topliss-reactive ketones (excluding diaryl/α,β-unsaturated/α-hetero) is 1. The number of nitrogens with one attached hydrogen (secondary N) is 1. The smallest absolute Gasteiger partial charge is 0.222 e. The molecule has 4 heterocycles. The van der Waals surface area contributed by atoms with Crippen molar-refractivity contribution in [3.8, 4) is 22.9 Å². The molecule has 1 N–H and O–H groups in total. The number of halogens is 2. The highest BCUT2D eigenvalue weighted by atomic mass is 35.5. The summed E-state index contributed by atoms with van der Waals surface area (Å²) in [5, 5.41) is 21.7. The number of rotatable bonds is 37. The summed E-state index contributed by atoms with van der Waals surface area (Å²) in [7, 11) is 1.63. The van der Waals surface area contributed by atoms with Gasteiger partial charge in [0.15, 0.2) is 11.6 Å². The van der Waals surface area contributed by atoms with Crippen LogP contribution in [0, 0.1) is 13.8 Å². The number of fused-ring (bicyclic) bond motifs is 6. The van der Waals surface area contributed by atoms with E-state index in [-0.39, 0.29) is 24.5 Å². The molecule has 21 nitrogen and oxygen atoms in total. The van der Waals surface area contributed by atoms with Gasteiger partial charge in [0.25, 0.3) is 0 Å². The number of ketones is 1. The Morgan fingerprint density at radius 2 is 0.904 bits per heavy atom. The molecule has 83 heavy (non-hydrogen) atoms. The first-order valence-corrected chi connectivity index (χ1v) is 28.7. The summed E-state index contributed by atoms with van der Waals surface area (Å²) in [4.78, 5) is 36.4. The number of carbonyl (C=O) groups excluding carboxylic acids is 2. The molecule has 6 aromatic rings. The lowest BCUT2D eigenvalue weighted by atomic mass is 9.99. The SMILES string of the molecule is CCNC(=O)C[C@@H]1N=C(c2ccc(Cl)cc2)c2cc(OCCOCCOCCOCCOCCOCCOCCOCCOCCCC(=O)C[C@@H]3N=C(c4ccc(Cl)cc4)c4cc(OC)ccc4-n4c(C)nnc43)ccc2-n2c(C)nnc21. The van der Waals surface area contributed by atoms with Crippen LogP contribution in [0.1, 0.15) is 90.2 Å². The molecular weight excluding hydrogens is 1110 g/mol. The maximum Gasteiger partial charge on any atom is 0.222 e. The molecule has 0 bridgehead atoms. The van der Waals surface area contributed by atoms with E-state index in [1.165, 1.54) is 0 Å². The van der Waals surface area contributed by atoms with Gasteiger partial charge < -0.3 is 52.7 Å². The van der Waals surface area contributed by atoms with Gasteiger partial charge in [-0.3, -0.25) is 28.7 Å². The summed E-state index contributed by atoms with van der Waals surface area (Å²) in [6.45, 7) is 13.4. The molecule has 444 valence electrons. The minimum Gasteiger partial charge on any atom is -0.497 e. The van der Waals surface area contributed by atoms with Crippen molar-refractivity contribution in [3.63, 3.8) is 0 Å². The zero-order valence-electron chi connectivity index (χ0n) is 47.5. The van der Waals surface area contributed by atoms with Crippen molar-refractivity contribution in [2.45, 2.75) is 58.5 Å². The van der Waals surface area contributed by atoms with Gasteiger partial charge in [0.1, 0.15) is 47.6 Å². The van der Waals surface area contributed by atoms with Gasteiger partial charge in [0.2, 0.25) is 5.91 Å². The fourth-order valence-corrected chi connectivity index (χ4v) is 9.56. The lowest BCUT2D eigenvalue weighted by Crippen LogP contribution is -2.25. The number of ether oxygens (including phenoxy) is 10. The molecule has 0 fully saturated rings. The van der Waals surface area contributed by atoms with Crippen molar-refractivity contribution >= 4 is 46.3 Å². The Balaban J connectivity index is 0.597. The van der Waals surface area contributed by atoms with Crippen molar-refractivity contribution in [1.82, 2.24) is 34.8 Å². The summed E-state index contributed by atoms with van der Waals surface area (Å²) < 4.78 is 60.8. The third-order valence-corrected chi connectivity index (χ3v) is 13.8. The van der Waals surface area contributed by atoms with E-state index in [9.17, 15) is 9.59 Å². The number of methoxy groups -OCH3 is 1. The molecule has 2 atom stereocenters. The lowest BCUT2D eigenvalue weighted by molar-refractivity contribution is -0.121. The second-order valence-electron chi connectivity index (χ2n) is 19.2. The number of aromatic nitrogens is 6. The maximum atomic E-state index is 13.4. The van der Waals surface area contributed by atoms with Crippen molar-refractivity contribution in [2.24, 2.45) is 9.98 Å². The lowest BCUT2D eigenvalue weighted by Gasteiger charge is -2.15. The van der Waals surface area contributed by atoms with Gasteiger partial charge in [-0.2, -0.15) is 0 Å². The molecule has 2 aliphatic rings. The molecule has 4 aromatic carbocycles. The maximum absolute atomic E-state index is 13.4. The van der Waals surface area contributed by atoms with Crippen LogP contribution in [0.2, 0.25) is 10.0 Å². The minimum absolute atomic E-state index is 0.0563. The number of nitrogens with zero attached hydrogens (tertiary/aromatic N) is 8. The van der Waals surface area contributed by atoms with Crippen LogP contribution in [0.3, 0.4) is 0 Å². The Kier molecular flexibility index (Phi) is 24.9. The molecule has 0 aliphatic carbocycles. The number of hydrogen-bond acceptors (Lipinski definition) is 18. The molecule has 0 unspecified atom stereocenters. The number of aliphatic imine (C=N–C) groups is 2. The molecule has 8 rings (SSSR count). The monoisotopic (exact) mass is 1180 g/mol. The molecule has 2 aromatic heterocycles. The highest BCUT2D eigenvalue weighted by Crippen LogP contribution is 2.37. The van der Waals surface area contributed by atoms with E-state index in [4.69, 9.17) is 80.6 Å². The molecule has 0 radical (unpaired) electrons. The number of hydrogen-bond donors (Lipinski definition) is 1. The first kappa shape index (κ1) is 62.5. The Labute approximate surface area is 493 Å². The molecule has 0 saturated heterocycles. The van der Waals surface area contributed by atoms with Crippen LogP contribution in [0.4, 0.5) is 0 Å². The Morgan fingerprint density at radius 1 is 0.506 bits per heavy atom. The highest BCUT2D eigenvalue weighted by molar-refractivity contribution is 6.31. The number of carbonyl (C=O) groups is 2. The van der Waals surface area contributed by atoms with Gasteiger partial charge in [-0.25, -0.2) is 0 Å². The van der Waals surface area contributed by atoms with Gasteiger partial charge in [0.05, 0.1) is 135 Å². The van der Waals surface area contributed by atoms with Crippen LogP contribution in [0.25, 0.3) is 11.4 Å². The number of amides is 1. The molecule has 1 amide bonds. The fraction of sp³-hybridized carbons (Fsp3) is 0.467. The standard InChI is InChI=1S/C60H73Cl2N9O12/c1-5-63-56(73)40-53-60-69-67-42(3)71(60)55-19-17-49(39-51(55)58(65-53)44-10-14-46(62)15-11-44)83-36-35-82-34-33-81-32-31-80-30-29-79-28-27-78-26-25-77-24-23-76-22-21-75-20-6-7-47(72)37-52-59-68-66-41(2)70(59)54-18-16-48(74-4)38-50(54)57(64-52)43-8-12-45(61)13-9-43/h8-19,38-39,52-53H,5-7,20-37,40H2,1-4H3,(H,63,73)/t52-,53-/m0/s1. The van der Waals surface area contributed by atoms with Crippen molar-refractivity contribution < 1.29 is 57.0 Å². The summed E-state index contributed by atoms with van der Waals surface area (Å²) in [6.07, 6.45) is 1.20. The molecule has 23 heteroatoms. The predicted octanol–water partition coefficient (Wildman–Crippen LogP) is 8.04. The Hall–Kier alpha value is -6.50. The number of benzene rings is 4. The van der Waals surface area contributed by atoms with Crippen molar-refractivity contribution in [2.75, 3.05) is 126 Å². The predicted molar refractivity (Wildman–Crippen MR) is 313 cm³/mol. The van der Waals surface area contributed by atoms with E-state index < -0.39 is 12.1 Å². The second kappa shape index (κ2) is 33.1. The third-order valence-electron chi connectivity index (χ3n) is 13.3. The van der Waals surface area contributed by atoms with Crippen LogP contribution in [0.5, 0.6) is 11.5 Å². The van der Waals surface area contributed by atoms with E-state index in [2.05, 4.69) is 25.7 Å². The molecule has 2 aliphatic heterocycles. The van der Waals surface area contributed by atoms with Crippen molar-refractivity contribution in [3.05, 3.63) is 141 Å². The summed E-state index contributed by atoms with van der Waals surface area (Å²) in [5.74, 6) is 3.84. The fourth-order valence-electron chi connectivity index (χ4n) is 9.31. The largest absolute Gasteiger partial charge is 0.497 e. The molecule has 0 saturated carbocycles. The van der Waals surface area contributed by atoms with E-state index in [1.807, 2.05) is 115 Å². The zero-order valence-corrected chi connectivity index (χ0v) is 49.0. The van der Waals surface area contributed by atoms with Crippen LogP contribution in [0.15, 0.2) is 94.9 Å². The van der Waals surface area contributed by atoms with Gasteiger partial charge in [-0.05, 0) is 87.9 Å². The van der Waals surface area contributed by atoms with Crippen LogP contribution in [-0.2, 0) is 47.5 Å². The Morgan fingerprint density at radius 3 is 1.34 bits per heavy atom. The van der Waals surface area contributed by atoms with Gasteiger partial charge in [-0.15, -0.1) is 20.4 Å². The number of aryl methyl sites for hydroxylation is 2. The van der Waals surface area contributed by atoms with E-state index >= 15 is 0 Å². The topological polar surface area (TPSA) is 225 Å². The normalized spacial score (nSPS) is 14.4. The second-order valence-corrected chi connectivity index (χ2v) is 20.1. The first-order chi connectivity index (χ1) is 40.6. The highest BCUT2D eigenvalue weighted by Gasteiger charge is 2.32. The van der Waals surface area contributed by atoms with Crippen molar-refractivity contribution in [1.29, 1.82) is 0 Å². The average molecular weight is 1180 g/mol. The Bertz CT molecular complexity index is 3080. The van der Waals surface area contributed by atoms with E-state index in [0.29, 0.717) is 182 Å².